The lowest BCUT2D eigenvalue weighted by atomic mass is 10.0. The number of nitrogens with two attached hydrogens (primary N) is 1. The molecule has 2 atom stereocenters. The average Bonchev–Trinajstić information content (AvgIpc) is 2.36. The molecule has 0 saturated carbocycles. The number of aryl methyl sites for hydroxylation is 1. The van der Waals surface area contributed by atoms with Gasteiger partial charge in [-0.15, -0.1) is 0 Å². The number of hydrogen-bond donors (Lipinski definition) is 1. The van der Waals surface area contributed by atoms with Gasteiger partial charge in [0.1, 0.15) is 11.4 Å². The summed E-state index contributed by atoms with van der Waals surface area (Å²) in [4.78, 5) is 12.2. The summed E-state index contributed by atoms with van der Waals surface area (Å²) >= 11 is 0. The van der Waals surface area contributed by atoms with Crippen LogP contribution in [0.1, 0.15) is 51.8 Å². The second-order valence-corrected chi connectivity index (χ2v) is 8.40. The number of benzene rings is 1. The van der Waals surface area contributed by atoms with Gasteiger partial charge in [-0.2, -0.15) is 0 Å². The molecular weight excluding hydrogens is 313 g/mol. The zero-order chi connectivity index (χ0) is 17.8. The van der Waals surface area contributed by atoms with Gasteiger partial charge in [0.15, 0.2) is 0 Å². The van der Waals surface area contributed by atoms with Gasteiger partial charge in [-0.05, 0) is 47.1 Å². The molecule has 130 valence electrons. The molecule has 0 bridgehead atoms. The van der Waals surface area contributed by atoms with Crippen LogP contribution in [0.15, 0.2) is 24.3 Å². The average molecular weight is 341 g/mol. The fourth-order valence-corrected chi connectivity index (χ4v) is 4.89. The van der Waals surface area contributed by atoms with E-state index in [1.54, 1.807) is 27.7 Å². The zero-order valence-electron chi connectivity index (χ0n) is 14.8. The molecule has 2 unspecified atom stereocenters. The van der Waals surface area contributed by atoms with E-state index in [2.05, 4.69) is 0 Å². The molecule has 0 aliphatic heterocycles. The van der Waals surface area contributed by atoms with Crippen LogP contribution in [0.25, 0.3) is 0 Å². The first-order chi connectivity index (χ1) is 10.6. The molecule has 0 amide bonds. The van der Waals surface area contributed by atoms with Crippen LogP contribution in [0, 0.1) is 6.92 Å². The summed E-state index contributed by atoms with van der Waals surface area (Å²) in [6.07, 6.45) is -0.682. The molecule has 6 heteroatoms. The van der Waals surface area contributed by atoms with Crippen LogP contribution in [0.2, 0.25) is 0 Å². The maximum absolute atomic E-state index is 13.3. The van der Waals surface area contributed by atoms with Crippen LogP contribution in [0.5, 0.6) is 0 Å². The van der Waals surface area contributed by atoms with E-state index in [1.807, 2.05) is 31.2 Å². The molecule has 0 aliphatic carbocycles. The standard InChI is InChI=1S/C17H28NO4P/c1-11(2)21-23(20,22-12(3)4)17(14(6)19)16(18)15-9-7-13(5)8-10-15/h7-12,16-17H,18H2,1-6H3. The summed E-state index contributed by atoms with van der Waals surface area (Å²) in [5.41, 5.74) is 7.06. The van der Waals surface area contributed by atoms with Crippen LogP contribution in [-0.2, 0) is 18.4 Å². The van der Waals surface area contributed by atoms with Gasteiger partial charge in [-0.1, -0.05) is 29.8 Å². The van der Waals surface area contributed by atoms with Crippen molar-refractivity contribution in [2.24, 2.45) is 5.73 Å². The Balaban J connectivity index is 3.26. The SMILES string of the molecule is CC(=O)C(C(N)c1ccc(C)cc1)P(=O)(OC(C)C)OC(C)C. The number of Topliss-reactive ketones (excluding diaryl/α,β-unsaturated/α-hetero) is 1. The Morgan fingerprint density at radius 2 is 1.48 bits per heavy atom. The molecule has 5 nitrogen and oxygen atoms in total. The first-order valence-corrected chi connectivity index (χ1v) is 9.47. The quantitative estimate of drug-likeness (QED) is 0.723. The van der Waals surface area contributed by atoms with Crippen LogP contribution in [-0.4, -0.2) is 23.7 Å². The van der Waals surface area contributed by atoms with Crippen LogP contribution < -0.4 is 5.73 Å². The summed E-state index contributed by atoms with van der Waals surface area (Å²) in [6, 6.07) is 6.74. The summed E-state index contributed by atoms with van der Waals surface area (Å²) in [7, 11) is -3.71. The van der Waals surface area contributed by atoms with Crippen molar-refractivity contribution in [1.29, 1.82) is 0 Å². The molecule has 2 N–H and O–H groups in total. The van der Waals surface area contributed by atoms with Crippen molar-refractivity contribution in [2.45, 2.75) is 65.5 Å². The van der Waals surface area contributed by atoms with Gasteiger partial charge in [0.25, 0.3) is 0 Å². The van der Waals surface area contributed by atoms with Gasteiger partial charge in [0, 0.05) is 0 Å². The van der Waals surface area contributed by atoms with Gasteiger partial charge in [-0.3, -0.25) is 9.36 Å². The Bertz CT molecular complexity index is 554. The van der Waals surface area contributed by atoms with Crippen molar-refractivity contribution in [3.63, 3.8) is 0 Å². The van der Waals surface area contributed by atoms with E-state index >= 15 is 0 Å². The minimum atomic E-state index is -3.71. The first kappa shape index (κ1) is 20.0. The monoisotopic (exact) mass is 341 g/mol. The van der Waals surface area contributed by atoms with Crippen molar-refractivity contribution >= 4 is 13.4 Å². The molecule has 0 fully saturated rings. The van der Waals surface area contributed by atoms with Gasteiger partial charge < -0.3 is 14.8 Å². The Morgan fingerprint density at radius 1 is 1.04 bits per heavy atom. The second kappa shape index (κ2) is 8.20. The van der Waals surface area contributed by atoms with E-state index in [-0.39, 0.29) is 18.0 Å². The molecule has 1 aromatic rings. The van der Waals surface area contributed by atoms with E-state index in [9.17, 15) is 9.36 Å². The lowest BCUT2D eigenvalue weighted by Gasteiger charge is -2.31. The molecule has 1 aromatic carbocycles. The van der Waals surface area contributed by atoms with Crippen LogP contribution in [0.4, 0.5) is 0 Å². The van der Waals surface area contributed by atoms with E-state index in [1.165, 1.54) is 6.92 Å². The van der Waals surface area contributed by atoms with Crippen molar-refractivity contribution in [3.8, 4) is 0 Å². The Hall–Kier alpha value is -1.00. The highest BCUT2D eigenvalue weighted by Gasteiger charge is 2.45. The molecule has 0 aromatic heterocycles. The van der Waals surface area contributed by atoms with Crippen molar-refractivity contribution in [2.75, 3.05) is 0 Å². The van der Waals surface area contributed by atoms with Crippen LogP contribution in [0.3, 0.4) is 0 Å². The minimum Gasteiger partial charge on any atom is -0.323 e. The summed E-state index contributed by atoms with van der Waals surface area (Å²) < 4.78 is 24.5. The number of hydrogen-bond acceptors (Lipinski definition) is 5. The molecule has 1 rings (SSSR count). The highest BCUT2D eigenvalue weighted by molar-refractivity contribution is 7.55. The van der Waals surface area contributed by atoms with Gasteiger partial charge in [0.05, 0.1) is 18.2 Å². The summed E-state index contributed by atoms with van der Waals surface area (Å²) in [5.74, 6) is -0.303. The third-order valence-electron chi connectivity index (χ3n) is 3.28. The molecule has 0 heterocycles. The van der Waals surface area contributed by atoms with Crippen molar-refractivity contribution in [1.82, 2.24) is 0 Å². The zero-order valence-corrected chi connectivity index (χ0v) is 15.7. The Morgan fingerprint density at radius 3 is 1.83 bits per heavy atom. The molecule has 23 heavy (non-hydrogen) atoms. The number of carbonyl (C=O) groups excluding carboxylic acids is 1. The van der Waals surface area contributed by atoms with Gasteiger partial charge in [-0.25, -0.2) is 0 Å². The van der Waals surface area contributed by atoms with Crippen molar-refractivity contribution in [3.05, 3.63) is 35.4 Å². The largest absolute Gasteiger partial charge is 0.343 e. The Kier molecular flexibility index (Phi) is 7.15. The topological polar surface area (TPSA) is 78.6 Å². The summed E-state index contributed by atoms with van der Waals surface area (Å²) in [6.45, 7) is 10.4. The van der Waals surface area contributed by atoms with Gasteiger partial charge >= 0.3 is 7.60 Å². The lowest BCUT2D eigenvalue weighted by molar-refractivity contribution is -0.117. The fourth-order valence-electron chi connectivity index (χ4n) is 2.39. The number of carbonyl (C=O) groups is 1. The van der Waals surface area contributed by atoms with Crippen LogP contribution >= 0.6 is 7.60 Å². The van der Waals surface area contributed by atoms with E-state index < -0.39 is 19.3 Å². The molecule has 0 saturated heterocycles. The smallest absolute Gasteiger partial charge is 0.323 e. The molecule has 0 radical (unpaired) electrons. The second-order valence-electron chi connectivity index (χ2n) is 6.34. The summed E-state index contributed by atoms with van der Waals surface area (Å²) in [5, 5.41) is 0. The molecule has 0 aliphatic rings. The van der Waals surface area contributed by atoms with Crippen molar-refractivity contribution < 1.29 is 18.4 Å². The Labute approximate surface area is 139 Å². The third-order valence-corrected chi connectivity index (χ3v) is 6.07. The van der Waals surface area contributed by atoms with E-state index in [0.29, 0.717) is 0 Å². The van der Waals surface area contributed by atoms with Gasteiger partial charge in [0.2, 0.25) is 0 Å². The molecule has 0 spiro atoms. The highest BCUT2D eigenvalue weighted by atomic mass is 31.2. The first-order valence-electron chi connectivity index (χ1n) is 7.86. The molecular formula is C17H28NO4P. The minimum absolute atomic E-state index is 0.303. The highest BCUT2D eigenvalue weighted by Crippen LogP contribution is 2.58. The predicted molar refractivity (Wildman–Crippen MR) is 92.6 cm³/mol. The predicted octanol–water partition coefficient (Wildman–Crippen LogP) is 4.00. The maximum Gasteiger partial charge on any atom is 0.343 e. The fraction of sp³-hybridized carbons (Fsp3) is 0.588. The van der Waals surface area contributed by atoms with E-state index in [4.69, 9.17) is 14.8 Å². The normalized spacial score (nSPS) is 15.0. The maximum atomic E-state index is 13.3. The van der Waals surface area contributed by atoms with E-state index in [0.717, 1.165) is 11.1 Å². The number of rotatable bonds is 8. The number of ketones is 1. The lowest BCUT2D eigenvalue weighted by Crippen LogP contribution is -2.35. The third kappa shape index (κ3) is 5.54.